The van der Waals surface area contributed by atoms with Crippen LogP contribution in [0.5, 0.6) is 5.75 Å². The van der Waals surface area contributed by atoms with E-state index in [2.05, 4.69) is 15.8 Å². The van der Waals surface area contributed by atoms with E-state index in [4.69, 9.17) is 4.74 Å². The maximum atomic E-state index is 12.9. The highest BCUT2D eigenvalue weighted by atomic mass is 16.5. The Hall–Kier alpha value is -5.25. The minimum absolute atomic E-state index is 0.00187. The minimum atomic E-state index is -1.04. The Morgan fingerprint density at radius 2 is 1.44 bits per heavy atom. The van der Waals surface area contributed by atoms with Crippen LogP contribution in [0.1, 0.15) is 34.1 Å². The van der Waals surface area contributed by atoms with Gasteiger partial charge in [-0.3, -0.25) is 19.1 Å². The molecule has 0 unspecified atom stereocenters. The van der Waals surface area contributed by atoms with Crippen LogP contribution >= 0.6 is 0 Å². The fourth-order valence-electron chi connectivity index (χ4n) is 3.75. The van der Waals surface area contributed by atoms with Crippen LogP contribution in [-0.4, -0.2) is 32.9 Å². The van der Waals surface area contributed by atoms with Crippen LogP contribution in [-0.2, 0) is 16.6 Å². The topological polar surface area (TPSA) is 124 Å². The van der Waals surface area contributed by atoms with Gasteiger partial charge in [-0.15, -0.1) is 0 Å². The van der Waals surface area contributed by atoms with Crippen LogP contribution in [0.25, 0.3) is 5.69 Å². The number of ether oxygens (including phenoxy) is 1. The summed E-state index contributed by atoms with van der Waals surface area (Å²) >= 11 is 0. The molecule has 2 N–H and O–H groups in total. The Morgan fingerprint density at radius 1 is 0.821 bits per heavy atom. The van der Waals surface area contributed by atoms with E-state index in [0.717, 1.165) is 5.56 Å². The van der Waals surface area contributed by atoms with E-state index in [1.165, 1.54) is 4.68 Å². The summed E-state index contributed by atoms with van der Waals surface area (Å²) in [5.74, 6) is -2.20. The van der Waals surface area contributed by atoms with Crippen molar-refractivity contribution in [3.05, 3.63) is 112 Å². The summed E-state index contributed by atoms with van der Waals surface area (Å²) in [7, 11) is 1.68. The molecule has 0 fully saturated rings. The molecule has 0 bridgehead atoms. The molecule has 1 heterocycles. The van der Waals surface area contributed by atoms with Crippen molar-refractivity contribution < 1.29 is 19.1 Å². The number of hydrogen-bond donors (Lipinski definition) is 2. The maximum Gasteiger partial charge on any atom is 0.343 e. The Bertz CT molecular complexity index is 1620. The lowest BCUT2D eigenvalue weighted by Crippen LogP contribution is -2.34. The second-order valence-electron chi connectivity index (χ2n) is 8.81. The van der Waals surface area contributed by atoms with Gasteiger partial charge in [0.25, 0.3) is 5.56 Å². The summed E-state index contributed by atoms with van der Waals surface area (Å²) in [5, 5.41) is 6.37. The van der Waals surface area contributed by atoms with Gasteiger partial charge < -0.3 is 10.1 Å². The summed E-state index contributed by atoms with van der Waals surface area (Å²) in [6.45, 7) is 5.24. The largest absolute Gasteiger partial charge is 0.423 e. The van der Waals surface area contributed by atoms with E-state index in [1.54, 1.807) is 86.2 Å². The molecule has 0 radical (unpaired) electrons. The van der Waals surface area contributed by atoms with E-state index in [0.29, 0.717) is 34.0 Å². The van der Waals surface area contributed by atoms with E-state index < -0.39 is 23.3 Å². The molecule has 10 heteroatoms. The van der Waals surface area contributed by atoms with Crippen LogP contribution in [0.15, 0.2) is 88.8 Å². The number of anilines is 1. The van der Waals surface area contributed by atoms with Gasteiger partial charge in [0, 0.05) is 7.05 Å². The van der Waals surface area contributed by atoms with Crippen molar-refractivity contribution in [3.63, 3.8) is 0 Å². The summed E-state index contributed by atoms with van der Waals surface area (Å²) in [6, 6.07) is 22.5. The highest BCUT2D eigenvalue weighted by Crippen LogP contribution is 2.16. The Morgan fingerprint density at radius 3 is 2.08 bits per heavy atom. The number of amides is 2. The molecule has 2 amide bonds. The SMILES string of the molecule is CC(=NNC(=O)C(=O)Nc1c(C)n(C)n(-c2ccccc2)c1=O)c1ccc(OC(=O)c2ccc(C)cc2)cc1. The van der Waals surface area contributed by atoms with Crippen molar-refractivity contribution in [2.45, 2.75) is 20.8 Å². The predicted molar refractivity (Wildman–Crippen MR) is 147 cm³/mol. The Labute approximate surface area is 224 Å². The van der Waals surface area contributed by atoms with Gasteiger partial charge in [-0.05, 0) is 74.9 Å². The Balaban J connectivity index is 1.38. The molecule has 198 valence electrons. The minimum Gasteiger partial charge on any atom is -0.423 e. The fraction of sp³-hybridized carbons (Fsp3) is 0.138. The first-order chi connectivity index (χ1) is 18.7. The van der Waals surface area contributed by atoms with Crippen LogP contribution in [0, 0.1) is 13.8 Å². The van der Waals surface area contributed by atoms with Gasteiger partial charge in [0.15, 0.2) is 0 Å². The van der Waals surface area contributed by atoms with Crippen LogP contribution < -0.4 is 21.0 Å². The molecule has 4 aromatic rings. The molecule has 0 aliphatic rings. The molecule has 0 spiro atoms. The third-order valence-corrected chi connectivity index (χ3v) is 6.09. The number of carbonyl (C=O) groups excluding carboxylic acids is 3. The third-order valence-electron chi connectivity index (χ3n) is 6.09. The lowest BCUT2D eigenvalue weighted by Gasteiger charge is -2.07. The number of benzene rings is 3. The number of carbonyl (C=O) groups is 3. The van der Waals surface area contributed by atoms with Crippen LogP contribution in [0.2, 0.25) is 0 Å². The highest BCUT2D eigenvalue weighted by Gasteiger charge is 2.21. The molecule has 3 aromatic carbocycles. The lowest BCUT2D eigenvalue weighted by atomic mass is 10.1. The van der Waals surface area contributed by atoms with Gasteiger partial charge in [-0.25, -0.2) is 14.9 Å². The first kappa shape index (κ1) is 26.8. The lowest BCUT2D eigenvalue weighted by molar-refractivity contribution is -0.136. The van der Waals surface area contributed by atoms with Crippen LogP contribution in [0.3, 0.4) is 0 Å². The quantitative estimate of drug-likeness (QED) is 0.131. The molecule has 10 nitrogen and oxygen atoms in total. The molecule has 0 saturated carbocycles. The zero-order valence-electron chi connectivity index (χ0n) is 21.9. The zero-order chi connectivity index (χ0) is 28.1. The van der Waals surface area contributed by atoms with Crippen molar-refractivity contribution in [2.24, 2.45) is 12.1 Å². The predicted octanol–water partition coefficient (Wildman–Crippen LogP) is 3.49. The molecular weight excluding hydrogens is 498 g/mol. The molecule has 4 rings (SSSR count). The fourth-order valence-corrected chi connectivity index (χ4v) is 3.75. The second-order valence-corrected chi connectivity index (χ2v) is 8.81. The van der Waals surface area contributed by atoms with E-state index >= 15 is 0 Å². The van der Waals surface area contributed by atoms with E-state index in [1.807, 2.05) is 25.1 Å². The molecular formula is C29H27N5O5. The number of nitrogens with one attached hydrogen (secondary N) is 2. The standard InChI is InChI=1S/C29H27N5O5/c1-18-10-12-22(13-11-18)29(38)39-24-16-14-21(15-17-24)19(2)31-32-27(36)26(35)30-25-20(3)33(4)34(28(25)37)23-8-6-5-7-9-23/h5-17H,1-4H3,(H,30,35)(H,32,36). The summed E-state index contributed by atoms with van der Waals surface area (Å²) in [4.78, 5) is 50.1. The van der Waals surface area contributed by atoms with Gasteiger partial charge in [-0.2, -0.15) is 5.10 Å². The molecule has 0 saturated heterocycles. The molecule has 0 aliphatic carbocycles. The average molecular weight is 526 g/mol. The number of esters is 1. The first-order valence-corrected chi connectivity index (χ1v) is 12.0. The van der Waals surface area contributed by atoms with Gasteiger partial charge in [-0.1, -0.05) is 35.9 Å². The van der Waals surface area contributed by atoms with Crippen LogP contribution in [0.4, 0.5) is 5.69 Å². The van der Waals surface area contributed by atoms with Crippen molar-refractivity contribution in [2.75, 3.05) is 5.32 Å². The molecule has 39 heavy (non-hydrogen) atoms. The number of nitrogens with zero attached hydrogens (tertiary/aromatic N) is 3. The van der Waals surface area contributed by atoms with Gasteiger partial charge in [0.2, 0.25) is 0 Å². The van der Waals surface area contributed by atoms with Crippen molar-refractivity contribution in [1.82, 2.24) is 14.8 Å². The monoisotopic (exact) mass is 525 g/mol. The van der Waals surface area contributed by atoms with Crippen molar-refractivity contribution >= 4 is 29.2 Å². The summed E-state index contributed by atoms with van der Waals surface area (Å²) in [5.41, 5.74) is 5.36. The summed E-state index contributed by atoms with van der Waals surface area (Å²) in [6.07, 6.45) is 0. The smallest absolute Gasteiger partial charge is 0.343 e. The van der Waals surface area contributed by atoms with Gasteiger partial charge >= 0.3 is 17.8 Å². The van der Waals surface area contributed by atoms with Crippen molar-refractivity contribution in [3.8, 4) is 11.4 Å². The second kappa shape index (κ2) is 11.4. The number of aryl methyl sites for hydroxylation is 1. The molecule has 0 aliphatic heterocycles. The number of hydrogen-bond acceptors (Lipinski definition) is 6. The molecule has 0 atom stereocenters. The number of para-hydroxylation sites is 1. The maximum absolute atomic E-state index is 12.9. The number of rotatable bonds is 6. The normalized spacial score (nSPS) is 11.1. The average Bonchev–Trinajstić information content (AvgIpc) is 3.15. The van der Waals surface area contributed by atoms with E-state index in [-0.39, 0.29) is 5.69 Å². The highest BCUT2D eigenvalue weighted by molar-refractivity contribution is 6.39. The summed E-state index contributed by atoms with van der Waals surface area (Å²) < 4.78 is 8.38. The number of aromatic nitrogens is 2. The first-order valence-electron chi connectivity index (χ1n) is 12.0. The van der Waals surface area contributed by atoms with Crippen molar-refractivity contribution in [1.29, 1.82) is 0 Å². The third kappa shape index (κ3) is 6.02. The van der Waals surface area contributed by atoms with Gasteiger partial charge in [0.05, 0.1) is 22.7 Å². The van der Waals surface area contributed by atoms with Gasteiger partial charge in [0.1, 0.15) is 11.4 Å². The Kier molecular flexibility index (Phi) is 7.85. The number of hydrazone groups is 1. The van der Waals surface area contributed by atoms with E-state index in [9.17, 15) is 19.2 Å². The zero-order valence-corrected chi connectivity index (χ0v) is 21.9. The molecule has 1 aromatic heterocycles.